The van der Waals surface area contributed by atoms with Crippen molar-refractivity contribution in [2.24, 2.45) is 0 Å². The molecule has 2 N–H and O–H groups in total. The van der Waals surface area contributed by atoms with E-state index >= 15 is 0 Å². The van der Waals surface area contributed by atoms with Crippen molar-refractivity contribution in [1.82, 2.24) is 30.0 Å². The van der Waals surface area contributed by atoms with Gasteiger partial charge in [0.2, 0.25) is 0 Å². The summed E-state index contributed by atoms with van der Waals surface area (Å²) >= 11 is 0. The Morgan fingerprint density at radius 3 is 2.95 bits per heavy atom. The van der Waals surface area contributed by atoms with Crippen LogP contribution in [0.1, 0.15) is 28.3 Å². The van der Waals surface area contributed by atoms with E-state index in [1.54, 1.807) is 4.40 Å². The summed E-state index contributed by atoms with van der Waals surface area (Å²) in [6.45, 7) is 0. The van der Waals surface area contributed by atoms with Gasteiger partial charge in [0.15, 0.2) is 11.5 Å². The molecule has 0 aliphatic carbocycles. The van der Waals surface area contributed by atoms with Gasteiger partial charge in [-0.2, -0.15) is 5.21 Å². The number of aromatic amines is 1. The molecule has 3 aromatic rings. The van der Waals surface area contributed by atoms with Gasteiger partial charge in [0, 0.05) is 18.8 Å². The number of carboxylic acid groups (broad SMARTS) is 1. The lowest BCUT2D eigenvalue weighted by molar-refractivity contribution is 0.0691. The number of aromatic nitrogens is 6. The molecule has 0 aliphatic rings. The Labute approximate surface area is 113 Å². The van der Waals surface area contributed by atoms with Crippen LogP contribution in [0.15, 0.2) is 24.5 Å². The lowest BCUT2D eigenvalue weighted by Crippen LogP contribution is -1.95. The van der Waals surface area contributed by atoms with Crippen molar-refractivity contribution in [3.05, 3.63) is 41.6 Å². The Kier molecular flexibility index (Phi) is 3.12. The van der Waals surface area contributed by atoms with Gasteiger partial charge in [0.25, 0.3) is 0 Å². The van der Waals surface area contributed by atoms with E-state index in [4.69, 9.17) is 5.11 Å². The van der Waals surface area contributed by atoms with Gasteiger partial charge in [-0.15, -0.1) is 10.2 Å². The number of hydrogen-bond acceptors (Lipinski definition) is 5. The highest BCUT2D eigenvalue weighted by atomic mass is 16.4. The number of aromatic carboxylic acids is 1. The zero-order chi connectivity index (χ0) is 13.9. The fourth-order valence-electron chi connectivity index (χ4n) is 2.03. The summed E-state index contributed by atoms with van der Waals surface area (Å²) in [5.41, 5.74) is 1.79. The zero-order valence-corrected chi connectivity index (χ0v) is 10.5. The minimum atomic E-state index is -1.02. The number of carbonyl (C=O) groups is 1. The van der Waals surface area contributed by atoms with E-state index in [1.165, 1.54) is 6.20 Å². The summed E-state index contributed by atoms with van der Waals surface area (Å²) in [5.74, 6) is -0.325. The zero-order valence-electron chi connectivity index (χ0n) is 10.5. The van der Waals surface area contributed by atoms with Gasteiger partial charge >= 0.3 is 5.97 Å². The number of tetrazole rings is 1. The van der Waals surface area contributed by atoms with E-state index in [2.05, 4.69) is 25.6 Å². The van der Waals surface area contributed by atoms with Crippen molar-refractivity contribution in [2.45, 2.75) is 19.3 Å². The van der Waals surface area contributed by atoms with Gasteiger partial charge in [-0.25, -0.2) is 9.78 Å². The van der Waals surface area contributed by atoms with E-state index in [0.29, 0.717) is 11.5 Å². The lowest BCUT2D eigenvalue weighted by atomic mass is 10.1. The molecule has 3 aromatic heterocycles. The topological polar surface area (TPSA) is 109 Å². The molecule has 0 aromatic carbocycles. The second kappa shape index (κ2) is 5.08. The summed E-state index contributed by atoms with van der Waals surface area (Å²) < 4.78 is 1.73. The maximum atomic E-state index is 10.9. The first-order valence-electron chi connectivity index (χ1n) is 6.15. The summed E-state index contributed by atoms with van der Waals surface area (Å²) in [4.78, 5) is 14.9. The van der Waals surface area contributed by atoms with Crippen LogP contribution >= 0.6 is 0 Å². The van der Waals surface area contributed by atoms with Gasteiger partial charge in [-0.1, -0.05) is 11.3 Å². The molecule has 8 heteroatoms. The number of carboxylic acids is 1. The number of hydrogen-bond donors (Lipinski definition) is 2. The molecule has 0 spiro atoms. The van der Waals surface area contributed by atoms with Crippen LogP contribution in [0.3, 0.4) is 0 Å². The van der Waals surface area contributed by atoms with E-state index in [-0.39, 0.29) is 5.69 Å². The van der Waals surface area contributed by atoms with Crippen LogP contribution in [0.2, 0.25) is 0 Å². The van der Waals surface area contributed by atoms with Crippen molar-refractivity contribution >= 4 is 11.6 Å². The Balaban J connectivity index is 1.70. The Bertz CT molecular complexity index is 734. The number of nitrogens with one attached hydrogen (secondary N) is 1. The SMILES string of the molecule is O=C(O)c1cn2cc(CCCc3nn[nH]n3)ccc2n1. The predicted molar refractivity (Wildman–Crippen MR) is 68.4 cm³/mol. The highest BCUT2D eigenvalue weighted by Crippen LogP contribution is 2.10. The maximum Gasteiger partial charge on any atom is 0.356 e. The van der Waals surface area contributed by atoms with E-state index in [1.807, 2.05) is 18.3 Å². The fourth-order valence-corrected chi connectivity index (χ4v) is 2.03. The van der Waals surface area contributed by atoms with Crippen LogP contribution in [-0.2, 0) is 12.8 Å². The summed E-state index contributed by atoms with van der Waals surface area (Å²) in [6, 6.07) is 3.76. The van der Waals surface area contributed by atoms with Gasteiger partial charge < -0.3 is 9.51 Å². The molecule has 8 nitrogen and oxygen atoms in total. The number of pyridine rings is 1. The molecule has 3 heterocycles. The minimum absolute atomic E-state index is 0.0500. The molecule has 0 radical (unpaired) electrons. The van der Waals surface area contributed by atoms with Crippen molar-refractivity contribution in [2.75, 3.05) is 0 Å². The lowest BCUT2D eigenvalue weighted by Gasteiger charge is -2.01. The normalized spacial score (nSPS) is 11.0. The second-order valence-corrected chi connectivity index (χ2v) is 4.42. The van der Waals surface area contributed by atoms with Crippen LogP contribution in [0, 0.1) is 0 Å². The van der Waals surface area contributed by atoms with E-state index in [9.17, 15) is 4.79 Å². The first kappa shape index (κ1) is 12.3. The van der Waals surface area contributed by atoms with Gasteiger partial charge in [0.1, 0.15) is 5.65 Å². The van der Waals surface area contributed by atoms with Crippen molar-refractivity contribution in [3.8, 4) is 0 Å². The molecule has 0 unspecified atom stereocenters. The third-order valence-corrected chi connectivity index (χ3v) is 2.99. The summed E-state index contributed by atoms with van der Waals surface area (Å²) in [6.07, 6.45) is 5.90. The number of H-pyrrole nitrogens is 1. The van der Waals surface area contributed by atoms with Crippen LogP contribution in [-0.4, -0.2) is 41.1 Å². The highest BCUT2D eigenvalue weighted by Gasteiger charge is 2.08. The molecule has 0 aliphatic heterocycles. The van der Waals surface area contributed by atoms with Gasteiger partial charge in [-0.05, 0) is 24.5 Å². The molecular weight excluding hydrogens is 260 g/mol. The monoisotopic (exact) mass is 272 g/mol. The maximum absolute atomic E-state index is 10.9. The quantitative estimate of drug-likeness (QED) is 0.708. The predicted octanol–water partition coefficient (Wildman–Crippen LogP) is 0.721. The molecule has 20 heavy (non-hydrogen) atoms. The average molecular weight is 272 g/mol. The molecule has 0 fully saturated rings. The number of imidazole rings is 1. The first-order valence-corrected chi connectivity index (χ1v) is 6.15. The Morgan fingerprint density at radius 2 is 2.20 bits per heavy atom. The summed E-state index contributed by atoms with van der Waals surface area (Å²) in [5, 5.41) is 22.6. The summed E-state index contributed by atoms with van der Waals surface area (Å²) in [7, 11) is 0. The molecule has 0 saturated heterocycles. The first-order chi connectivity index (χ1) is 9.72. The number of nitrogens with zero attached hydrogens (tertiary/aromatic N) is 5. The minimum Gasteiger partial charge on any atom is -0.476 e. The largest absolute Gasteiger partial charge is 0.476 e. The fraction of sp³-hybridized carbons (Fsp3) is 0.250. The molecule has 0 bridgehead atoms. The number of fused-ring (bicyclic) bond motifs is 1. The van der Waals surface area contributed by atoms with Crippen LogP contribution in [0.25, 0.3) is 5.65 Å². The van der Waals surface area contributed by atoms with Crippen molar-refractivity contribution in [1.29, 1.82) is 0 Å². The third kappa shape index (κ3) is 2.48. The molecule has 0 atom stereocenters. The van der Waals surface area contributed by atoms with E-state index in [0.717, 1.165) is 24.8 Å². The molecular formula is C12H12N6O2. The van der Waals surface area contributed by atoms with Crippen LogP contribution in [0.4, 0.5) is 0 Å². The van der Waals surface area contributed by atoms with Crippen LogP contribution in [0.5, 0.6) is 0 Å². The molecule has 102 valence electrons. The number of aryl methyl sites for hydroxylation is 2. The second-order valence-electron chi connectivity index (χ2n) is 4.42. The Morgan fingerprint density at radius 1 is 1.30 bits per heavy atom. The highest BCUT2D eigenvalue weighted by molar-refractivity contribution is 5.86. The molecule has 3 rings (SSSR count). The van der Waals surface area contributed by atoms with E-state index < -0.39 is 5.97 Å². The third-order valence-electron chi connectivity index (χ3n) is 2.99. The van der Waals surface area contributed by atoms with Crippen LogP contribution < -0.4 is 0 Å². The van der Waals surface area contributed by atoms with Crippen molar-refractivity contribution in [3.63, 3.8) is 0 Å². The molecule has 0 amide bonds. The van der Waals surface area contributed by atoms with Crippen molar-refractivity contribution < 1.29 is 9.90 Å². The Hall–Kier alpha value is -2.77. The standard InChI is InChI=1S/C12H12N6O2/c19-12(20)9-7-18-6-8(4-5-11(18)13-9)2-1-3-10-14-16-17-15-10/h4-7H,1-3H2,(H,19,20)(H,14,15,16,17). The number of rotatable bonds is 5. The smallest absolute Gasteiger partial charge is 0.356 e. The van der Waals surface area contributed by atoms with Gasteiger partial charge in [0.05, 0.1) is 0 Å². The van der Waals surface area contributed by atoms with Gasteiger partial charge in [-0.3, -0.25) is 0 Å². The average Bonchev–Trinajstić information content (AvgIpc) is 3.06. The molecule has 0 saturated carbocycles.